The molecular formula is C16H17NO3S. The van der Waals surface area contributed by atoms with Crippen molar-refractivity contribution in [3.8, 4) is 10.4 Å². The normalized spacial score (nSPS) is 16.0. The minimum Gasteiger partial charge on any atom is -0.478 e. The lowest BCUT2D eigenvalue weighted by molar-refractivity contribution is 0.0346. The molecule has 1 fully saturated rings. The molecule has 1 aliphatic heterocycles. The molecule has 0 atom stereocenters. The zero-order chi connectivity index (χ0) is 14.7. The molecule has 0 unspecified atom stereocenters. The Labute approximate surface area is 127 Å². The molecule has 3 rings (SSSR count). The molecular weight excluding hydrogens is 286 g/mol. The van der Waals surface area contributed by atoms with Gasteiger partial charge in [0.25, 0.3) is 0 Å². The van der Waals surface area contributed by atoms with Crippen LogP contribution in [0.25, 0.3) is 10.4 Å². The van der Waals surface area contributed by atoms with Crippen LogP contribution in [0.2, 0.25) is 0 Å². The van der Waals surface area contributed by atoms with Crippen molar-refractivity contribution in [2.24, 2.45) is 0 Å². The standard InChI is InChI=1S/C16H17NO3S/c18-16(19)13-3-1-12(2-4-13)15-6-5-14(21-15)11-17-7-9-20-10-8-17/h1-6H,7-11H2,(H,18,19). The van der Waals surface area contributed by atoms with Gasteiger partial charge in [0.15, 0.2) is 0 Å². The second-order valence-corrected chi connectivity index (χ2v) is 6.21. The number of nitrogens with zero attached hydrogens (tertiary/aromatic N) is 1. The predicted molar refractivity (Wildman–Crippen MR) is 82.8 cm³/mol. The zero-order valence-electron chi connectivity index (χ0n) is 11.6. The molecule has 0 spiro atoms. The minimum atomic E-state index is -0.888. The molecule has 1 aliphatic rings. The number of benzene rings is 1. The first kappa shape index (κ1) is 14.3. The van der Waals surface area contributed by atoms with Gasteiger partial charge in [-0.3, -0.25) is 4.90 Å². The van der Waals surface area contributed by atoms with Crippen molar-refractivity contribution in [3.05, 3.63) is 46.8 Å². The van der Waals surface area contributed by atoms with Gasteiger partial charge in [-0.15, -0.1) is 11.3 Å². The van der Waals surface area contributed by atoms with E-state index in [1.807, 2.05) is 12.1 Å². The number of carboxylic acids is 1. The lowest BCUT2D eigenvalue weighted by Crippen LogP contribution is -2.35. The lowest BCUT2D eigenvalue weighted by Gasteiger charge is -2.25. The zero-order valence-corrected chi connectivity index (χ0v) is 12.4. The number of aromatic carboxylic acids is 1. The monoisotopic (exact) mass is 303 g/mol. The Kier molecular flexibility index (Phi) is 4.34. The van der Waals surface area contributed by atoms with Crippen LogP contribution < -0.4 is 0 Å². The van der Waals surface area contributed by atoms with E-state index in [1.165, 1.54) is 9.75 Å². The fraction of sp³-hybridized carbons (Fsp3) is 0.312. The SMILES string of the molecule is O=C(O)c1ccc(-c2ccc(CN3CCOCC3)s2)cc1. The van der Waals surface area contributed by atoms with Crippen LogP contribution in [-0.2, 0) is 11.3 Å². The Hall–Kier alpha value is -1.69. The number of hydrogen-bond donors (Lipinski definition) is 1. The molecule has 5 heteroatoms. The van der Waals surface area contributed by atoms with Gasteiger partial charge in [0.1, 0.15) is 0 Å². The van der Waals surface area contributed by atoms with Gasteiger partial charge in [0.2, 0.25) is 0 Å². The molecule has 1 aromatic carbocycles. The molecule has 110 valence electrons. The number of rotatable bonds is 4. The number of carbonyl (C=O) groups is 1. The number of ether oxygens (including phenoxy) is 1. The van der Waals surface area contributed by atoms with Crippen LogP contribution >= 0.6 is 11.3 Å². The molecule has 1 aromatic heterocycles. The van der Waals surface area contributed by atoms with Crippen molar-refractivity contribution in [2.75, 3.05) is 26.3 Å². The highest BCUT2D eigenvalue weighted by Gasteiger charge is 2.12. The fourth-order valence-electron chi connectivity index (χ4n) is 2.37. The van der Waals surface area contributed by atoms with Gasteiger partial charge in [0, 0.05) is 29.4 Å². The summed E-state index contributed by atoms with van der Waals surface area (Å²) in [5, 5.41) is 8.92. The Morgan fingerprint density at radius 1 is 1.14 bits per heavy atom. The third-order valence-electron chi connectivity index (χ3n) is 3.56. The van der Waals surface area contributed by atoms with Crippen LogP contribution in [-0.4, -0.2) is 42.3 Å². The molecule has 0 bridgehead atoms. The molecule has 1 N–H and O–H groups in total. The number of morpholine rings is 1. The first-order valence-corrected chi connectivity index (χ1v) is 7.76. The van der Waals surface area contributed by atoms with E-state index < -0.39 is 5.97 Å². The summed E-state index contributed by atoms with van der Waals surface area (Å²) in [6, 6.07) is 11.3. The Balaban J connectivity index is 1.70. The molecule has 0 aliphatic carbocycles. The number of carboxylic acid groups (broad SMARTS) is 1. The van der Waals surface area contributed by atoms with Gasteiger partial charge in [-0.05, 0) is 29.8 Å². The first-order valence-electron chi connectivity index (χ1n) is 6.95. The summed E-state index contributed by atoms with van der Waals surface area (Å²) in [7, 11) is 0. The maximum atomic E-state index is 10.9. The van der Waals surface area contributed by atoms with E-state index in [1.54, 1.807) is 23.5 Å². The van der Waals surface area contributed by atoms with E-state index >= 15 is 0 Å². The van der Waals surface area contributed by atoms with Crippen molar-refractivity contribution >= 4 is 17.3 Å². The number of thiophene rings is 1. The van der Waals surface area contributed by atoms with Gasteiger partial charge in [-0.2, -0.15) is 0 Å². The molecule has 0 saturated carbocycles. The third kappa shape index (κ3) is 3.50. The largest absolute Gasteiger partial charge is 0.478 e. The van der Waals surface area contributed by atoms with Crippen LogP contribution in [0.15, 0.2) is 36.4 Å². The second kappa shape index (κ2) is 6.39. The quantitative estimate of drug-likeness (QED) is 0.943. The molecule has 1 saturated heterocycles. The van der Waals surface area contributed by atoms with Crippen molar-refractivity contribution in [3.63, 3.8) is 0 Å². The molecule has 0 radical (unpaired) electrons. The summed E-state index contributed by atoms with van der Waals surface area (Å²) in [6.45, 7) is 4.56. The highest BCUT2D eigenvalue weighted by Crippen LogP contribution is 2.29. The lowest BCUT2D eigenvalue weighted by atomic mass is 10.1. The van der Waals surface area contributed by atoms with E-state index in [0.717, 1.165) is 38.4 Å². The van der Waals surface area contributed by atoms with Crippen molar-refractivity contribution in [1.82, 2.24) is 4.90 Å². The first-order chi connectivity index (χ1) is 10.2. The molecule has 2 heterocycles. The molecule has 0 amide bonds. The number of hydrogen-bond acceptors (Lipinski definition) is 4. The van der Waals surface area contributed by atoms with Crippen LogP contribution in [0, 0.1) is 0 Å². The Morgan fingerprint density at radius 2 is 1.86 bits per heavy atom. The van der Waals surface area contributed by atoms with Crippen molar-refractivity contribution < 1.29 is 14.6 Å². The van der Waals surface area contributed by atoms with Crippen LogP contribution in [0.1, 0.15) is 15.2 Å². The molecule has 21 heavy (non-hydrogen) atoms. The summed E-state index contributed by atoms with van der Waals surface area (Å²) in [5.74, 6) is -0.888. The van der Waals surface area contributed by atoms with Crippen molar-refractivity contribution in [1.29, 1.82) is 0 Å². The Bertz CT molecular complexity index is 615. The van der Waals surface area contributed by atoms with Crippen LogP contribution in [0.5, 0.6) is 0 Å². The molecule has 2 aromatic rings. The summed E-state index contributed by atoms with van der Waals surface area (Å²) in [6.07, 6.45) is 0. The van der Waals surface area contributed by atoms with Gasteiger partial charge in [-0.25, -0.2) is 4.79 Å². The Morgan fingerprint density at radius 3 is 2.52 bits per heavy atom. The van der Waals surface area contributed by atoms with Gasteiger partial charge < -0.3 is 9.84 Å². The van der Waals surface area contributed by atoms with Crippen LogP contribution in [0.4, 0.5) is 0 Å². The topological polar surface area (TPSA) is 49.8 Å². The smallest absolute Gasteiger partial charge is 0.335 e. The van der Waals surface area contributed by atoms with E-state index in [-0.39, 0.29) is 0 Å². The highest BCUT2D eigenvalue weighted by molar-refractivity contribution is 7.15. The minimum absolute atomic E-state index is 0.323. The summed E-state index contributed by atoms with van der Waals surface area (Å²) in [4.78, 5) is 15.8. The maximum absolute atomic E-state index is 10.9. The van der Waals surface area contributed by atoms with E-state index in [9.17, 15) is 4.79 Å². The predicted octanol–water partition coefficient (Wildman–Crippen LogP) is 2.95. The van der Waals surface area contributed by atoms with Crippen molar-refractivity contribution in [2.45, 2.75) is 6.54 Å². The summed E-state index contributed by atoms with van der Waals surface area (Å²) in [5.41, 5.74) is 1.39. The average Bonchev–Trinajstić information content (AvgIpc) is 2.97. The van der Waals surface area contributed by atoms with Gasteiger partial charge in [0.05, 0.1) is 18.8 Å². The third-order valence-corrected chi connectivity index (χ3v) is 4.68. The average molecular weight is 303 g/mol. The van der Waals surface area contributed by atoms with Gasteiger partial charge >= 0.3 is 5.97 Å². The van der Waals surface area contributed by atoms with Crippen LogP contribution in [0.3, 0.4) is 0 Å². The second-order valence-electron chi connectivity index (χ2n) is 5.04. The van der Waals surface area contributed by atoms with E-state index in [2.05, 4.69) is 17.0 Å². The summed E-state index contributed by atoms with van der Waals surface area (Å²) >= 11 is 1.76. The highest BCUT2D eigenvalue weighted by atomic mass is 32.1. The van der Waals surface area contributed by atoms with E-state index in [4.69, 9.17) is 9.84 Å². The fourth-order valence-corrected chi connectivity index (χ4v) is 3.43. The summed E-state index contributed by atoms with van der Waals surface area (Å²) < 4.78 is 5.36. The van der Waals surface area contributed by atoms with Gasteiger partial charge in [-0.1, -0.05) is 12.1 Å². The maximum Gasteiger partial charge on any atom is 0.335 e. The molecule has 4 nitrogen and oxygen atoms in total. The van der Waals surface area contributed by atoms with E-state index in [0.29, 0.717) is 5.56 Å².